The van der Waals surface area contributed by atoms with Gasteiger partial charge in [0.1, 0.15) is 0 Å². The number of rotatable bonds is 2. The molecule has 112 valence electrons. The van der Waals surface area contributed by atoms with E-state index < -0.39 is 5.91 Å². The minimum Gasteiger partial charge on any atom is -0.489 e. The normalized spacial score (nSPS) is 16.8. The SMILES string of the molecule is O=C(NNC(=O)C1CC1)c1cc(Cl)c2c(c1)OCCCO2. The summed E-state index contributed by atoms with van der Waals surface area (Å²) in [6.07, 6.45) is 2.50. The average Bonchev–Trinajstić information content (AvgIpc) is 3.30. The van der Waals surface area contributed by atoms with E-state index in [1.165, 1.54) is 6.07 Å². The number of benzene rings is 1. The minimum atomic E-state index is -0.443. The summed E-state index contributed by atoms with van der Waals surface area (Å²) in [5.74, 6) is 0.314. The predicted octanol–water partition coefficient (Wildman–Crippen LogP) is 1.67. The van der Waals surface area contributed by atoms with Crippen molar-refractivity contribution in [2.24, 2.45) is 5.92 Å². The number of amides is 2. The van der Waals surface area contributed by atoms with Gasteiger partial charge in [-0.25, -0.2) is 0 Å². The first kappa shape index (κ1) is 14.0. The maximum atomic E-state index is 12.0. The molecule has 21 heavy (non-hydrogen) atoms. The van der Waals surface area contributed by atoms with Crippen LogP contribution in [0.2, 0.25) is 5.02 Å². The first-order valence-electron chi connectivity index (χ1n) is 6.84. The number of ether oxygens (including phenoxy) is 2. The quantitative estimate of drug-likeness (QED) is 0.815. The van der Waals surface area contributed by atoms with Crippen molar-refractivity contribution < 1.29 is 19.1 Å². The Kier molecular flexibility index (Phi) is 3.88. The van der Waals surface area contributed by atoms with Crippen LogP contribution >= 0.6 is 11.6 Å². The molecule has 7 heteroatoms. The molecular weight excluding hydrogens is 296 g/mol. The second-order valence-corrected chi connectivity index (χ2v) is 5.46. The highest BCUT2D eigenvalue weighted by Gasteiger charge is 2.30. The Bertz CT molecular complexity index is 587. The van der Waals surface area contributed by atoms with Crippen LogP contribution in [0.4, 0.5) is 0 Å². The smallest absolute Gasteiger partial charge is 0.269 e. The summed E-state index contributed by atoms with van der Waals surface area (Å²) in [5, 5.41) is 0.313. The van der Waals surface area contributed by atoms with E-state index in [0.29, 0.717) is 35.3 Å². The van der Waals surface area contributed by atoms with Gasteiger partial charge in [-0.15, -0.1) is 0 Å². The molecule has 1 saturated carbocycles. The second-order valence-electron chi connectivity index (χ2n) is 5.05. The molecule has 3 rings (SSSR count). The Labute approximate surface area is 126 Å². The van der Waals surface area contributed by atoms with Gasteiger partial charge in [-0.2, -0.15) is 0 Å². The first-order valence-corrected chi connectivity index (χ1v) is 7.22. The minimum absolute atomic E-state index is 0.0256. The van der Waals surface area contributed by atoms with Crippen LogP contribution in [0.1, 0.15) is 29.6 Å². The summed E-state index contributed by atoms with van der Waals surface area (Å²) < 4.78 is 11.0. The fraction of sp³-hybridized carbons (Fsp3) is 0.429. The predicted molar refractivity (Wildman–Crippen MR) is 75.4 cm³/mol. The van der Waals surface area contributed by atoms with Crippen molar-refractivity contribution in [2.75, 3.05) is 13.2 Å². The molecule has 1 fully saturated rings. The molecule has 0 bridgehead atoms. The number of carbonyl (C=O) groups is 2. The number of nitrogens with one attached hydrogen (secondary N) is 2. The Morgan fingerprint density at radius 2 is 1.90 bits per heavy atom. The van der Waals surface area contributed by atoms with Crippen molar-refractivity contribution in [1.29, 1.82) is 0 Å². The molecule has 6 nitrogen and oxygen atoms in total. The molecule has 2 aliphatic rings. The van der Waals surface area contributed by atoms with Gasteiger partial charge >= 0.3 is 0 Å². The molecule has 0 saturated heterocycles. The third-order valence-corrected chi connectivity index (χ3v) is 3.59. The fourth-order valence-corrected chi connectivity index (χ4v) is 2.27. The van der Waals surface area contributed by atoms with Gasteiger partial charge in [0.15, 0.2) is 11.5 Å². The van der Waals surface area contributed by atoms with Crippen LogP contribution in [-0.2, 0) is 4.79 Å². The van der Waals surface area contributed by atoms with Crippen LogP contribution in [0, 0.1) is 5.92 Å². The lowest BCUT2D eigenvalue weighted by Crippen LogP contribution is -2.42. The van der Waals surface area contributed by atoms with Gasteiger partial charge in [-0.3, -0.25) is 20.4 Å². The zero-order chi connectivity index (χ0) is 14.8. The molecule has 0 radical (unpaired) electrons. The van der Waals surface area contributed by atoms with Crippen LogP contribution in [0.25, 0.3) is 0 Å². The number of hydrazine groups is 1. The first-order chi connectivity index (χ1) is 10.1. The molecule has 0 atom stereocenters. The number of hydrogen-bond acceptors (Lipinski definition) is 4. The highest BCUT2D eigenvalue weighted by molar-refractivity contribution is 6.32. The number of carbonyl (C=O) groups excluding carboxylic acids is 2. The Balaban J connectivity index is 1.72. The van der Waals surface area contributed by atoms with Gasteiger partial charge in [-0.05, 0) is 25.0 Å². The van der Waals surface area contributed by atoms with Crippen LogP contribution < -0.4 is 20.3 Å². The Hall–Kier alpha value is -1.95. The summed E-state index contributed by atoms with van der Waals surface area (Å²) in [5.41, 5.74) is 5.08. The topological polar surface area (TPSA) is 76.7 Å². The summed E-state index contributed by atoms with van der Waals surface area (Å²) in [6, 6.07) is 3.05. The number of halogens is 1. The molecule has 1 aromatic carbocycles. The third-order valence-electron chi connectivity index (χ3n) is 3.31. The van der Waals surface area contributed by atoms with E-state index in [0.717, 1.165) is 19.3 Å². The van der Waals surface area contributed by atoms with Gasteiger partial charge in [0.05, 0.1) is 18.2 Å². The van der Waals surface area contributed by atoms with Gasteiger partial charge < -0.3 is 9.47 Å². The van der Waals surface area contributed by atoms with Crippen molar-refractivity contribution in [3.05, 3.63) is 22.7 Å². The van der Waals surface area contributed by atoms with Crippen molar-refractivity contribution in [3.8, 4) is 11.5 Å². The van der Waals surface area contributed by atoms with Gasteiger partial charge in [0, 0.05) is 17.9 Å². The molecule has 1 aliphatic carbocycles. The lowest BCUT2D eigenvalue weighted by atomic mass is 10.2. The maximum Gasteiger partial charge on any atom is 0.269 e. The largest absolute Gasteiger partial charge is 0.489 e. The van der Waals surface area contributed by atoms with E-state index in [-0.39, 0.29) is 11.8 Å². The molecule has 0 spiro atoms. The zero-order valence-electron chi connectivity index (χ0n) is 11.3. The van der Waals surface area contributed by atoms with Crippen LogP contribution in [-0.4, -0.2) is 25.0 Å². The second kappa shape index (κ2) is 5.81. The van der Waals surface area contributed by atoms with Gasteiger partial charge in [0.2, 0.25) is 5.91 Å². The van der Waals surface area contributed by atoms with E-state index >= 15 is 0 Å². The summed E-state index contributed by atoms with van der Waals surface area (Å²) in [4.78, 5) is 23.5. The molecule has 0 aromatic heterocycles. The molecule has 2 N–H and O–H groups in total. The van der Waals surface area contributed by atoms with Crippen molar-refractivity contribution in [1.82, 2.24) is 10.9 Å². The monoisotopic (exact) mass is 310 g/mol. The van der Waals surface area contributed by atoms with E-state index in [1.807, 2.05) is 0 Å². The summed E-state index contributed by atoms with van der Waals surface area (Å²) in [6.45, 7) is 1.03. The Morgan fingerprint density at radius 3 is 2.67 bits per heavy atom. The molecule has 1 aliphatic heterocycles. The fourth-order valence-electron chi connectivity index (χ4n) is 2.00. The molecule has 1 aromatic rings. The van der Waals surface area contributed by atoms with Crippen molar-refractivity contribution in [2.45, 2.75) is 19.3 Å². The lowest BCUT2D eigenvalue weighted by Gasteiger charge is -2.12. The van der Waals surface area contributed by atoms with Crippen LogP contribution in [0.3, 0.4) is 0 Å². The van der Waals surface area contributed by atoms with E-state index in [2.05, 4.69) is 10.9 Å². The van der Waals surface area contributed by atoms with Gasteiger partial charge in [0.25, 0.3) is 5.91 Å². The van der Waals surface area contributed by atoms with E-state index in [1.54, 1.807) is 6.07 Å². The number of fused-ring (bicyclic) bond motifs is 1. The van der Waals surface area contributed by atoms with Crippen molar-refractivity contribution >= 4 is 23.4 Å². The molecular formula is C14H15ClN2O4. The molecule has 1 heterocycles. The number of hydrogen-bond donors (Lipinski definition) is 2. The zero-order valence-corrected chi connectivity index (χ0v) is 12.0. The van der Waals surface area contributed by atoms with Gasteiger partial charge in [-0.1, -0.05) is 11.6 Å². The third kappa shape index (κ3) is 3.21. The summed E-state index contributed by atoms with van der Waals surface area (Å²) >= 11 is 6.11. The Morgan fingerprint density at radius 1 is 1.14 bits per heavy atom. The van der Waals surface area contributed by atoms with E-state index in [9.17, 15) is 9.59 Å². The highest BCUT2D eigenvalue weighted by Crippen LogP contribution is 2.37. The van der Waals surface area contributed by atoms with E-state index in [4.69, 9.17) is 21.1 Å². The molecule has 0 unspecified atom stereocenters. The van der Waals surface area contributed by atoms with Crippen molar-refractivity contribution in [3.63, 3.8) is 0 Å². The maximum absolute atomic E-state index is 12.0. The summed E-state index contributed by atoms with van der Waals surface area (Å²) in [7, 11) is 0. The highest BCUT2D eigenvalue weighted by atomic mass is 35.5. The lowest BCUT2D eigenvalue weighted by molar-refractivity contribution is -0.123. The molecule has 2 amide bonds. The van der Waals surface area contributed by atoms with Crippen LogP contribution in [0.5, 0.6) is 11.5 Å². The van der Waals surface area contributed by atoms with Crippen LogP contribution in [0.15, 0.2) is 12.1 Å². The standard InChI is InChI=1S/C14H15ClN2O4/c15-10-6-9(7-11-12(10)21-5-1-4-20-11)14(19)17-16-13(18)8-2-3-8/h6-8H,1-5H2,(H,16,18)(H,17,19). The average molecular weight is 311 g/mol.